The Morgan fingerprint density at radius 3 is 1.85 bits per heavy atom. The summed E-state index contributed by atoms with van der Waals surface area (Å²) in [5.74, 6) is 3.74. The summed E-state index contributed by atoms with van der Waals surface area (Å²) in [5.41, 5.74) is 0. The molecule has 0 amide bonds. The highest BCUT2D eigenvalue weighted by molar-refractivity contribution is 4.94. The van der Waals surface area contributed by atoms with Gasteiger partial charge in [-0.1, -0.05) is 102 Å². The molecule has 0 aromatic heterocycles. The zero-order valence-corrected chi connectivity index (χ0v) is 18.5. The van der Waals surface area contributed by atoms with Crippen molar-refractivity contribution in [3.8, 4) is 0 Å². The van der Waals surface area contributed by atoms with Crippen LogP contribution in [0, 0.1) is 23.7 Å². The van der Waals surface area contributed by atoms with E-state index in [-0.39, 0.29) is 0 Å². The average Bonchev–Trinajstić information content (AvgIpc) is 2.72. The standard InChI is InChI=1S/C27H48/c1-3-5-6-7-8-9-10-13-25-20-22-27(23-21-25)15-12-11-14-26-18-16-24(4-2)17-19-26/h4,11,14,24-27H,2-3,5-10,12-13,15-23H2,1H3/b14-11+. The van der Waals surface area contributed by atoms with E-state index in [1.54, 1.807) is 0 Å². The molecule has 2 aliphatic carbocycles. The number of rotatable bonds is 13. The van der Waals surface area contributed by atoms with Crippen LogP contribution >= 0.6 is 0 Å². The molecular weight excluding hydrogens is 324 g/mol. The lowest BCUT2D eigenvalue weighted by Gasteiger charge is -2.28. The van der Waals surface area contributed by atoms with Crippen LogP contribution in [-0.2, 0) is 0 Å². The SMILES string of the molecule is C=CC1CCC(/C=C/CCC2CCC(CCCCCCCCC)CC2)CC1. The Hall–Kier alpha value is -0.520. The van der Waals surface area contributed by atoms with Crippen molar-refractivity contribution in [3.63, 3.8) is 0 Å². The molecule has 0 aliphatic heterocycles. The predicted molar refractivity (Wildman–Crippen MR) is 122 cm³/mol. The summed E-state index contributed by atoms with van der Waals surface area (Å²) in [5, 5.41) is 0. The van der Waals surface area contributed by atoms with Crippen molar-refractivity contribution in [2.24, 2.45) is 23.7 Å². The van der Waals surface area contributed by atoms with Crippen LogP contribution in [0.2, 0.25) is 0 Å². The second-order valence-corrected chi connectivity index (χ2v) is 9.71. The summed E-state index contributed by atoms with van der Waals surface area (Å²) < 4.78 is 0. The van der Waals surface area contributed by atoms with Gasteiger partial charge >= 0.3 is 0 Å². The number of hydrogen-bond donors (Lipinski definition) is 0. The fourth-order valence-electron chi connectivity index (χ4n) is 5.39. The van der Waals surface area contributed by atoms with Crippen LogP contribution in [0.15, 0.2) is 24.8 Å². The highest BCUT2D eigenvalue weighted by Crippen LogP contribution is 2.35. The number of allylic oxidation sites excluding steroid dienone is 3. The van der Waals surface area contributed by atoms with E-state index in [9.17, 15) is 0 Å². The maximum absolute atomic E-state index is 3.96. The predicted octanol–water partition coefficient (Wildman–Crippen LogP) is 9.26. The molecule has 2 saturated carbocycles. The van der Waals surface area contributed by atoms with Crippen LogP contribution in [0.25, 0.3) is 0 Å². The van der Waals surface area contributed by atoms with E-state index in [4.69, 9.17) is 0 Å². The molecule has 2 fully saturated rings. The fraction of sp³-hybridized carbons (Fsp3) is 0.852. The van der Waals surface area contributed by atoms with Gasteiger partial charge in [0.2, 0.25) is 0 Å². The molecule has 0 saturated heterocycles. The van der Waals surface area contributed by atoms with Crippen molar-refractivity contribution in [3.05, 3.63) is 24.8 Å². The Balaban J connectivity index is 1.44. The van der Waals surface area contributed by atoms with Crippen LogP contribution in [-0.4, -0.2) is 0 Å². The van der Waals surface area contributed by atoms with Crippen molar-refractivity contribution < 1.29 is 0 Å². The molecule has 0 radical (unpaired) electrons. The first-order valence-corrected chi connectivity index (χ1v) is 12.6. The normalized spacial score (nSPS) is 29.2. The average molecular weight is 373 g/mol. The third-order valence-electron chi connectivity index (χ3n) is 7.48. The minimum atomic E-state index is 0.797. The third-order valence-corrected chi connectivity index (χ3v) is 7.48. The molecule has 27 heavy (non-hydrogen) atoms. The molecular formula is C27H48. The number of unbranched alkanes of at least 4 members (excludes halogenated alkanes) is 6. The van der Waals surface area contributed by atoms with Crippen molar-refractivity contribution >= 4 is 0 Å². The van der Waals surface area contributed by atoms with Gasteiger partial charge in [0.25, 0.3) is 0 Å². The van der Waals surface area contributed by atoms with E-state index >= 15 is 0 Å². The molecule has 0 N–H and O–H groups in total. The molecule has 0 unspecified atom stereocenters. The summed E-state index contributed by atoms with van der Waals surface area (Å²) in [6, 6.07) is 0. The van der Waals surface area contributed by atoms with Crippen molar-refractivity contribution in [2.75, 3.05) is 0 Å². The van der Waals surface area contributed by atoms with E-state index < -0.39 is 0 Å². The zero-order chi connectivity index (χ0) is 19.2. The Labute approximate surface area is 171 Å². The van der Waals surface area contributed by atoms with E-state index in [0.29, 0.717) is 0 Å². The lowest BCUT2D eigenvalue weighted by Crippen LogP contribution is -2.14. The molecule has 0 aromatic carbocycles. The molecule has 0 bridgehead atoms. The van der Waals surface area contributed by atoms with E-state index in [2.05, 4.69) is 31.7 Å². The second kappa shape index (κ2) is 14.5. The van der Waals surface area contributed by atoms with Crippen LogP contribution in [0.1, 0.15) is 122 Å². The smallest absolute Gasteiger partial charge is 0.0233 e. The van der Waals surface area contributed by atoms with Crippen LogP contribution < -0.4 is 0 Å². The van der Waals surface area contributed by atoms with Crippen LogP contribution in [0.5, 0.6) is 0 Å². The molecule has 0 nitrogen and oxygen atoms in total. The Bertz CT molecular complexity index is 377. The van der Waals surface area contributed by atoms with E-state index in [1.807, 2.05) is 0 Å². The minimum Gasteiger partial charge on any atom is -0.103 e. The highest BCUT2D eigenvalue weighted by Gasteiger charge is 2.20. The van der Waals surface area contributed by atoms with Crippen LogP contribution in [0.3, 0.4) is 0 Å². The summed E-state index contributed by atoms with van der Waals surface area (Å²) in [6.07, 6.45) is 33.3. The monoisotopic (exact) mass is 372 g/mol. The molecule has 0 atom stereocenters. The van der Waals surface area contributed by atoms with Gasteiger partial charge in [0.15, 0.2) is 0 Å². The molecule has 0 spiro atoms. The molecule has 156 valence electrons. The first kappa shape index (κ1) is 22.8. The Morgan fingerprint density at radius 1 is 0.667 bits per heavy atom. The molecule has 2 rings (SSSR count). The molecule has 2 aliphatic rings. The van der Waals surface area contributed by atoms with Gasteiger partial charge in [-0.25, -0.2) is 0 Å². The van der Waals surface area contributed by atoms with Gasteiger partial charge in [0, 0.05) is 0 Å². The summed E-state index contributed by atoms with van der Waals surface area (Å²) in [7, 11) is 0. The topological polar surface area (TPSA) is 0 Å². The summed E-state index contributed by atoms with van der Waals surface area (Å²) in [4.78, 5) is 0. The van der Waals surface area contributed by atoms with Gasteiger partial charge in [-0.15, -0.1) is 6.58 Å². The summed E-state index contributed by atoms with van der Waals surface area (Å²) >= 11 is 0. The van der Waals surface area contributed by atoms with Crippen molar-refractivity contribution in [1.29, 1.82) is 0 Å². The maximum Gasteiger partial charge on any atom is -0.0233 e. The van der Waals surface area contributed by atoms with Gasteiger partial charge in [0.1, 0.15) is 0 Å². The number of hydrogen-bond acceptors (Lipinski definition) is 0. The van der Waals surface area contributed by atoms with Gasteiger partial charge < -0.3 is 0 Å². The lowest BCUT2D eigenvalue weighted by molar-refractivity contribution is 0.249. The van der Waals surface area contributed by atoms with Crippen molar-refractivity contribution in [1.82, 2.24) is 0 Å². The van der Waals surface area contributed by atoms with Crippen LogP contribution in [0.4, 0.5) is 0 Å². The molecule has 0 heterocycles. The quantitative estimate of drug-likeness (QED) is 0.223. The molecule has 0 heteroatoms. The van der Waals surface area contributed by atoms with Gasteiger partial charge in [-0.05, 0) is 62.2 Å². The van der Waals surface area contributed by atoms with Gasteiger partial charge in [-0.2, -0.15) is 0 Å². The lowest BCUT2D eigenvalue weighted by atomic mass is 9.78. The van der Waals surface area contributed by atoms with Gasteiger partial charge in [-0.3, -0.25) is 0 Å². The van der Waals surface area contributed by atoms with Crippen molar-refractivity contribution in [2.45, 2.75) is 122 Å². The van der Waals surface area contributed by atoms with Gasteiger partial charge in [0.05, 0.1) is 0 Å². The first-order chi connectivity index (χ1) is 13.3. The zero-order valence-electron chi connectivity index (χ0n) is 18.5. The minimum absolute atomic E-state index is 0.797. The Morgan fingerprint density at radius 2 is 1.22 bits per heavy atom. The highest BCUT2D eigenvalue weighted by atomic mass is 14.3. The first-order valence-electron chi connectivity index (χ1n) is 12.6. The summed E-state index contributed by atoms with van der Waals surface area (Å²) in [6.45, 7) is 6.27. The van der Waals surface area contributed by atoms with E-state index in [1.165, 1.54) is 116 Å². The largest absolute Gasteiger partial charge is 0.103 e. The Kier molecular flexibility index (Phi) is 12.2. The molecule has 0 aromatic rings. The maximum atomic E-state index is 3.96. The fourth-order valence-corrected chi connectivity index (χ4v) is 5.39. The van der Waals surface area contributed by atoms with E-state index in [0.717, 1.165) is 23.7 Å². The second-order valence-electron chi connectivity index (χ2n) is 9.71. The third kappa shape index (κ3) is 10.00.